The van der Waals surface area contributed by atoms with Crippen molar-refractivity contribution in [3.05, 3.63) is 47.5 Å². The number of nitrogens with one attached hydrogen (secondary N) is 2. The molecule has 0 aliphatic heterocycles. The molecule has 0 saturated heterocycles. The summed E-state index contributed by atoms with van der Waals surface area (Å²) in [6.45, 7) is 5.46. The molecule has 2 amide bonds. The molecule has 0 unspecified atom stereocenters. The van der Waals surface area contributed by atoms with Crippen molar-refractivity contribution in [2.45, 2.75) is 27.2 Å². The van der Waals surface area contributed by atoms with Gasteiger partial charge in [-0.1, -0.05) is 13.0 Å². The first-order chi connectivity index (χ1) is 10.5. The van der Waals surface area contributed by atoms with Crippen molar-refractivity contribution in [1.82, 2.24) is 9.97 Å². The topological polar surface area (TPSA) is 84.0 Å². The van der Waals surface area contributed by atoms with Crippen LogP contribution < -0.4 is 10.6 Å². The van der Waals surface area contributed by atoms with E-state index in [0.29, 0.717) is 17.8 Å². The van der Waals surface area contributed by atoms with Gasteiger partial charge in [0.1, 0.15) is 5.69 Å². The fourth-order valence-electron chi connectivity index (χ4n) is 1.78. The van der Waals surface area contributed by atoms with Crippen LogP contribution >= 0.6 is 0 Å². The average molecular weight is 298 g/mol. The van der Waals surface area contributed by atoms with Crippen LogP contribution in [0.15, 0.2) is 30.6 Å². The highest BCUT2D eigenvalue weighted by Crippen LogP contribution is 2.21. The van der Waals surface area contributed by atoms with Crippen LogP contribution in [0.4, 0.5) is 11.4 Å². The number of hydrogen-bond acceptors (Lipinski definition) is 4. The van der Waals surface area contributed by atoms with Gasteiger partial charge in [0.2, 0.25) is 5.91 Å². The molecule has 2 N–H and O–H groups in total. The molecule has 0 spiro atoms. The molecular formula is C16H18N4O2. The highest BCUT2D eigenvalue weighted by molar-refractivity contribution is 6.03. The normalized spacial score (nSPS) is 10.1. The molecule has 0 bridgehead atoms. The molecule has 1 aromatic carbocycles. The summed E-state index contributed by atoms with van der Waals surface area (Å²) in [6, 6.07) is 5.36. The standard InChI is InChI=1S/C16H18N4O2/c1-4-15(21)19-12-6-5-10(2)13(7-12)20-16(22)14-9-17-11(3)8-18-14/h5-9H,4H2,1-3H3,(H,19,21)(H,20,22). The molecule has 1 heterocycles. The number of carbonyl (C=O) groups is 2. The molecule has 6 nitrogen and oxygen atoms in total. The van der Waals surface area contributed by atoms with E-state index in [1.54, 1.807) is 32.2 Å². The Morgan fingerprint density at radius 2 is 1.86 bits per heavy atom. The molecule has 0 atom stereocenters. The Balaban J connectivity index is 2.17. The van der Waals surface area contributed by atoms with Crippen molar-refractivity contribution in [3.8, 4) is 0 Å². The van der Waals surface area contributed by atoms with Gasteiger partial charge in [-0.3, -0.25) is 14.6 Å². The van der Waals surface area contributed by atoms with Crippen molar-refractivity contribution in [2.75, 3.05) is 10.6 Å². The minimum absolute atomic E-state index is 0.0782. The smallest absolute Gasteiger partial charge is 0.275 e. The number of aryl methyl sites for hydroxylation is 2. The SMILES string of the molecule is CCC(=O)Nc1ccc(C)c(NC(=O)c2cnc(C)cn2)c1. The molecule has 0 aliphatic rings. The lowest BCUT2D eigenvalue weighted by Gasteiger charge is -2.11. The molecule has 6 heteroatoms. The first kappa shape index (κ1) is 15.6. The Morgan fingerprint density at radius 1 is 1.09 bits per heavy atom. The molecule has 2 rings (SSSR count). The van der Waals surface area contributed by atoms with E-state index in [2.05, 4.69) is 20.6 Å². The predicted molar refractivity (Wildman–Crippen MR) is 84.8 cm³/mol. The molecule has 2 aromatic rings. The van der Waals surface area contributed by atoms with Gasteiger partial charge in [0.05, 0.1) is 11.9 Å². The van der Waals surface area contributed by atoms with Crippen molar-refractivity contribution in [3.63, 3.8) is 0 Å². The zero-order valence-electron chi connectivity index (χ0n) is 12.8. The van der Waals surface area contributed by atoms with Gasteiger partial charge in [-0.25, -0.2) is 4.98 Å². The summed E-state index contributed by atoms with van der Waals surface area (Å²) in [7, 11) is 0. The van der Waals surface area contributed by atoms with Crippen LogP contribution in [0.1, 0.15) is 35.1 Å². The zero-order valence-corrected chi connectivity index (χ0v) is 12.8. The summed E-state index contributed by atoms with van der Waals surface area (Å²) in [5, 5.41) is 5.55. The Bertz CT molecular complexity index is 696. The quantitative estimate of drug-likeness (QED) is 0.909. The number of hydrogen-bond donors (Lipinski definition) is 2. The Hall–Kier alpha value is -2.76. The number of nitrogens with zero attached hydrogens (tertiary/aromatic N) is 2. The van der Waals surface area contributed by atoms with E-state index in [-0.39, 0.29) is 17.5 Å². The minimum Gasteiger partial charge on any atom is -0.326 e. The van der Waals surface area contributed by atoms with Crippen LogP contribution in [0.25, 0.3) is 0 Å². The molecule has 0 aliphatic carbocycles. The van der Waals surface area contributed by atoms with Gasteiger partial charge < -0.3 is 10.6 Å². The molecule has 0 saturated carbocycles. The summed E-state index contributed by atoms with van der Waals surface area (Å²) < 4.78 is 0. The summed E-state index contributed by atoms with van der Waals surface area (Å²) in [5.41, 5.74) is 3.15. The van der Waals surface area contributed by atoms with E-state index >= 15 is 0 Å². The molecule has 1 aromatic heterocycles. The molecule has 22 heavy (non-hydrogen) atoms. The van der Waals surface area contributed by atoms with Gasteiger partial charge in [0.25, 0.3) is 5.91 Å². The van der Waals surface area contributed by atoms with E-state index in [9.17, 15) is 9.59 Å². The van der Waals surface area contributed by atoms with Gasteiger partial charge in [-0.05, 0) is 31.5 Å². The van der Waals surface area contributed by atoms with Gasteiger partial charge in [-0.15, -0.1) is 0 Å². The van der Waals surface area contributed by atoms with Crippen molar-refractivity contribution in [1.29, 1.82) is 0 Å². The minimum atomic E-state index is -0.338. The largest absolute Gasteiger partial charge is 0.326 e. The van der Waals surface area contributed by atoms with E-state index in [0.717, 1.165) is 11.3 Å². The fraction of sp³-hybridized carbons (Fsp3) is 0.250. The van der Waals surface area contributed by atoms with Crippen LogP contribution in [0.5, 0.6) is 0 Å². The van der Waals surface area contributed by atoms with Gasteiger partial charge >= 0.3 is 0 Å². The first-order valence-electron chi connectivity index (χ1n) is 7.00. The van der Waals surface area contributed by atoms with Crippen LogP contribution in [0.3, 0.4) is 0 Å². The lowest BCUT2D eigenvalue weighted by atomic mass is 10.1. The van der Waals surface area contributed by atoms with Crippen molar-refractivity contribution in [2.24, 2.45) is 0 Å². The second kappa shape index (κ2) is 6.80. The average Bonchev–Trinajstić information content (AvgIpc) is 2.51. The van der Waals surface area contributed by atoms with Gasteiger partial charge in [0.15, 0.2) is 0 Å². The lowest BCUT2D eigenvalue weighted by molar-refractivity contribution is -0.115. The van der Waals surface area contributed by atoms with E-state index in [1.165, 1.54) is 6.20 Å². The lowest BCUT2D eigenvalue weighted by Crippen LogP contribution is -2.15. The Labute approximate surface area is 129 Å². The van der Waals surface area contributed by atoms with Crippen LogP contribution in [0.2, 0.25) is 0 Å². The van der Waals surface area contributed by atoms with Gasteiger partial charge in [0, 0.05) is 24.0 Å². The Morgan fingerprint density at radius 3 is 2.50 bits per heavy atom. The van der Waals surface area contributed by atoms with E-state index in [1.807, 2.05) is 13.0 Å². The second-order valence-corrected chi connectivity index (χ2v) is 4.93. The highest BCUT2D eigenvalue weighted by atomic mass is 16.2. The maximum Gasteiger partial charge on any atom is 0.275 e. The summed E-state index contributed by atoms with van der Waals surface area (Å²) in [5.74, 6) is -0.417. The number of aromatic nitrogens is 2. The molecule has 0 radical (unpaired) electrons. The first-order valence-corrected chi connectivity index (χ1v) is 7.00. The van der Waals surface area contributed by atoms with Gasteiger partial charge in [-0.2, -0.15) is 0 Å². The zero-order chi connectivity index (χ0) is 16.1. The third-order valence-corrected chi connectivity index (χ3v) is 3.10. The fourth-order valence-corrected chi connectivity index (χ4v) is 1.78. The highest BCUT2D eigenvalue weighted by Gasteiger charge is 2.10. The summed E-state index contributed by atoms with van der Waals surface area (Å²) >= 11 is 0. The molecule has 114 valence electrons. The summed E-state index contributed by atoms with van der Waals surface area (Å²) in [6.07, 6.45) is 3.37. The third-order valence-electron chi connectivity index (χ3n) is 3.10. The number of rotatable bonds is 4. The number of benzene rings is 1. The Kier molecular flexibility index (Phi) is 4.83. The molecular weight excluding hydrogens is 280 g/mol. The van der Waals surface area contributed by atoms with Crippen molar-refractivity contribution < 1.29 is 9.59 Å². The number of anilines is 2. The van der Waals surface area contributed by atoms with Crippen LogP contribution in [0, 0.1) is 13.8 Å². The van der Waals surface area contributed by atoms with Crippen molar-refractivity contribution >= 4 is 23.2 Å². The second-order valence-electron chi connectivity index (χ2n) is 4.93. The van der Waals surface area contributed by atoms with E-state index in [4.69, 9.17) is 0 Å². The maximum atomic E-state index is 12.2. The van der Waals surface area contributed by atoms with Crippen LogP contribution in [-0.2, 0) is 4.79 Å². The monoisotopic (exact) mass is 298 g/mol. The third kappa shape index (κ3) is 3.88. The molecule has 0 fully saturated rings. The summed E-state index contributed by atoms with van der Waals surface area (Å²) in [4.78, 5) is 31.7. The number of amides is 2. The van der Waals surface area contributed by atoms with E-state index < -0.39 is 0 Å². The van der Waals surface area contributed by atoms with Crippen LogP contribution in [-0.4, -0.2) is 21.8 Å². The number of carbonyl (C=O) groups excluding carboxylic acids is 2. The predicted octanol–water partition coefficient (Wildman–Crippen LogP) is 2.69. The maximum absolute atomic E-state index is 12.2.